The van der Waals surface area contributed by atoms with E-state index in [9.17, 15) is 9.59 Å². The number of benzene rings is 1. The number of amides is 2. The van der Waals surface area contributed by atoms with Gasteiger partial charge in [0.05, 0.1) is 12.7 Å². The van der Waals surface area contributed by atoms with Crippen LogP contribution in [0.25, 0.3) is 0 Å². The molecule has 0 radical (unpaired) electrons. The summed E-state index contributed by atoms with van der Waals surface area (Å²) in [6, 6.07) is 4.68. The molecule has 19 heavy (non-hydrogen) atoms. The normalized spacial score (nSPS) is 18.6. The van der Waals surface area contributed by atoms with E-state index in [2.05, 4.69) is 26.6 Å². The quantitative estimate of drug-likeness (QED) is 0.883. The second-order valence-electron chi connectivity index (χ2n) is 4.31. The minimum Gasteiger partial charge on any atom is -0.497 e. The summed E-state index contributed by atoms with van der Waals surface area (Å²) >= 11 is 3.32. The van der Waals surface area contributed by atoms with Crippen molar-refractivity contribution in [1.82, 2.24) is 10.6 Å². The average Bonchev–Trinajstić information content (AvgIpc) is 2.42. The molecule has 1 atom stereocenters. The maximum absolute atomic E-state index is 12.2. The lowest BCUT2D eigenvalue weighted by Crippen LogP contribution is -2.50. The van der Waals surface area contributed by atoms with Gasteiger partial charge in [-0.05, 0) is 47.0 Å². The second-order valence-corrected chi connectivity index (χ2v) is 5.16. The van der Waals surface area contributed by atoms with Crippen LogP contribution < -0.4 is 15.4 Å². The van der Waals surface area contributed by atoms with Crippen LogP contribution in [-0.2, 0) is 4.79 Å². The SMILES string of the molecule is COc1ccc(Br)c(C(=O)NC2CCCNC2=O)c1. The first kappa shape index (κ1) is 13.9. The summed E-state index contributed by atoms with van der Waals surface area (Å²) in [4.78, 5) is 23.8. The zero-order valence-corrected chi connectivity index (χ0v) is 12.1. The highest BCUT2D eigenvalue weighted by Gasteiger charge is 2.24. The van der Waals surface area contributed by atoms with E-state index in [0.717, 1.165) is 6.42 Å². The van der Waals surface area contributed by atoms with Crippen LogP contribution in [0.5, 0.6) is 5.75 Å². The van der Waals surface area contributed by atoms with Gasteiger partial charge in [-0.2, -0.15) is 0 Å². The van der Waals surface area contributed by atoms with Crippen molar-refractivity contribution in [2.75, 3.05) is 13.7 Å². The topological polar surface area (TPSA) is 67.4 Å². The number of carbonyl (C=O) groups excluding carboxylic acids is 2. The van der Waals surface area contributed by atoms with Crippen LogP contribution in [0.3, 0.4) is 0 Å². The predicted molar refractivity (Wildman–Crippen MR) is 74.2 cm³/mol. The maximum Gasteiger partial charge on any atom is 0.253 e. The van der Waals surface area contributed by atoms with Gasteiger partial charge in [-0.15, -0.1) is 0 Å². The summed E-state index contributed by atoms with van der Waals surface area (Å²) in [7, 11) is 1.54. The molecule has 0 aromatic heterocycles. The fourth-order valence-corrected chi connectivity index (χ4v) is 2.38. The van der Waals surface area contributed by atoms with E-state index in [-0.39, 0.29) is 11.8 Å². The number of ether oxygens (including phenoxy) is 1. The summed E-state index contributed by atoms with van der Waals surface area (Å²) in [6.45, 7) is 0.675. The zero-order valence-electron chi connectivity index (χ0n) is 10.5. The highest BCUT2D eigenvalue weighted by atomic mass is 79.9. The van der Waals surface area contributed by atoms with Crippen molar-refractivity contribution < 1.29 is 14.3 Å². The molecule has 2 N–H and O–H groups in total. The Morgan fingerprint density at radius 3 is 3.00 bits per heavy atom. The molecule has 1 fully saturated rings. The molecule has 1 aliphatic heterocycles. The largest absolute Gasteiger partial charge is 0.497 e. The number of hydrogen-bond donors (Lipinski definition) is 2. The molecule has 0 saturated carbocycles. The third kappa shape index (κ3) is 3.26. The summed E-state index contributed by atoms with van der Waals surface area (Å²) in [5.41, 5.74) is 0.456. The van der Waals surface area contributed by atoms with Gasteiger partial charge in [-0.3, -0.25) is 9.59 Å². The van der Waals surface area contributed by atoms with Gasteiger partial charge in [0, 0.05) is 11.0 Å². The third-order valence-electron chi connectivity index (χ3n) is 3.01. The first-order valence-electron chi connectivity index (χ1n) is 6.04. The van der Waals surface area contributed by atoms with Crippen molar-refractivity contribution in [3.05, 3.63) is 28.2 Å². The lowest BCUT2D eigenvalue weighted by Gasteiger charge is -2.23. The van der Waals surface area contributed by atoms with E-state index in [1.165, 1.54) is 0 Å². The summed E-state index contributed by atoms with van der Waals surface area (Å²) < 4.78 is 5.76. The molecule has 1 aromatic rings. The number of carbonyl (C=O) groups is 2. The van der Waals surface area contributed by atoms with Crippen LogP contribution in [0.4, 0.5) is 0 Å². The molecular weight excluding hydrogens is 312 g/mol. The molecule has 5 nitrogen and oxygen atoms in total. The first-order chi connectivity index (χ1) is 9.11. The zero-order chi connectivity index (χ0) is 13.8. The van der Waals surface area contributed by atoms with E-state index in [4.69, 9.17) is 4.74 Å². The number of halogens is 1. The molecular formula is C13H15BrN2O3. The highest BCUT2D eigenvalue weighted by molar-refractivity contribution is 9.10. The summed E-state index contributed by atoms with van der Waals surface area (Å²) in [5.74, 6) is 0.188. The van der Waals surface area contributed by atoms with E-state index >= 15 is 0 Å². The number of piperidine rings is 1. The molecule has 1 aliphatic rings. The van der Waals surface area contributed by atoms with Crippen LogP contribution >= 0.6 is 15.9 Å². The number of hydrogen-bond acceptors (Lipinski definition) is 3. The van der Waals surface area contributed by atoms with Gasteiger partial charge in [-0.1, -0.05) is 0 Å². The number of methoxy groups -OCH3 is 1. The summed E-state index contributed by atoms with van der Waals surface area (Å²) in [6.07, 6.45) is 1.54. The number of nitrogens with one attached hydrogen (secondary N) is 2. The molecule has 0 spiro atoms. The van der Waals surface area contributed by atoms with E-state index in [0.29, 0.717) is 28.8 Å². The smallest absolute Gasteiger partial charge is 0.253 e. The van der Waals surface area contributed by atoms with Gasteiger partial charge in [0.1, 0.15) is 11.8 Å². The highest BCUT2D eigenvalue weighted by Crippen LogP contribution is 2.22. The molecule has 2 amide bonds. The number of rotatable bonds is 3. The van der Waals surface area contributed by atoms with E-state index in [1.807, 2.05) is 0 Å². The van der Waals surface area contributed by atoms with Crippen LogP contribution in [-0.4, -0.2) is 31.5 Å². The predicted octanol–water partition coefficient (Wildman–Crippen LogP) is 1.47. The lowest BCUT2D eigenvalue weighted by atomic mass is 10.1. The molecule has 0 bridgehead atoms. The molecule has 6 heteroatoms. The van der Waals surface area contributed by atoms with Gasteiger partial charge >= 0.3 is 0 Å². The van der Waals surface area contributed by atoms with Crippen LogP contribution in [0.2, 0.25) is 0 Å². The van der Waals surface area contributed by atoms with Crippen molar-refractivity contribution >= 4 is 27.7 Å². The Balaban J connectivity index is 2.13. The van der Waals surface area contributed by atoms with Crippen molar-refractivity contribution in [1.29, 1.82) is 0 Å². The van der Waals surface area contributed by atoms with Gasteiger partial charge in [0.15, 0.2) is 0 Å². The molecule has 1 saturated heterocycles. The Morgan fingerprint density at radius 1 is 1.53 bits per heavy atom. The van der Waals surface area contributed by atoms with Crippen LogP contribution in [0.1, 0.15) is 23.2 Å². The maximum atomic E-state index is 12.2. The van der Waals surface area contributed by atoms with Crippen LogP contribution in [0, 0.1) is 0 Å². The van der Waals surface area contributed by atoms with E-state index in [1.54, 1.807) is 25.3 Å². The van der Waals surface area contributed by atoms with Crippen LogP contribution in [0.15, 0.2) is 22.7 Å². The Morgan fingerprint density at radius 2 is 2.32 bits per heavy atom. The average molecular weight is 327 g/mol. The van der Waals surface area contributed by atoms with Crippen molar-refractivity contribution in [3.8, 4) is 5.75 Å². The van der Waals surface area contributed by atoms with Gasteiger partial charge in [0.25, 0.3) is 5.91 Å². The molecule has 2 rings (SSSR count). The van der Waals surface area contributed by atoms with Crippen molar-refractivity contribution in [3.63, 3.8) is 0 Å². The Labute approximate surface area is 119 Å². The molecule has 1 heterocycles. The third-order valence-corrected chi connectivity index (χ3v) is 3.70. The Kier molecular flexibility index (Phi) is 4.42. The van der Waals surface area contributed by atoms with Gasteiger partial charge in [0.2, 0.25) is 5.91 Å². The van der Waals surface area contributed by atoms with E-state index < -0.39 is 6.04 Å². The van der Waals surface area contributed by atoms with Gasteiger partial charge in [-0.25, -0.2) is 0 Å². The molecule has 102 valence electrons. The Bertz CT molecular complexity index is 505. The van der Waals surface area contributed by atoms with Crippen molar-refractivity contribution in [2.45, 2.75) is 18.9 Å². The summed E-state index contributed by atoms with van der Waals surface area (Å²) in [5, 5.41) is 5.48. The molecule has 1 unspecified atom stereocenters. The Hall–Kier alpha value is -1.56. The standard InChI is InChI=1S/C13H15BrN2O3/c1-19-8-4-5-10(14)9(7-8)12(17)16-11-3-2-6-15-13(11)18/h4-5,7,11H,2-3,6H2,1H3,(H,15,18)(H,16,17). The second kappa shape index (κ2) is 6.06. The monoisotopic (exact) mass is 326 g/mol. The molecule has 0 aliphatic carbocycles. The fourth-order valence-electron chi connectivity index (χ4n) is 1.95. The van der Waals surface area contributed by atoms with Crippen molar-refractivity contribution in [2.24, 2.45) is 0 Å². The minimum atomic E-state index is -0.459. The fraction of sp³-hybridized carbons (Fsp3) is 0.385. The minimum absolute atomic E-state index is 0.126. The first-order valence-corrected chi connectivity index (χ1v) is 6.83. The van der Waals surface area contributed by atoms with Gasteiger partial charge < -0.3 is 15.4 Å². The lowest BCUT2D eigenvalue weighted by molar-refractivity contribution is -0.124. The molecule has 1 aromatic carbocycles.